The Morgan fingerprint density at radius 3 is 2.27 bits per heavy atom. The smallest absolute Gasteiger partial charge is 0.189 e. The minimum Gasteiger partial charge on any atom is -0.369 e. The van der Waals surface area contributed by atoms with Gasteiger partial charge in [0, 0.05) is 51.2 Å². The second kappa shape index (κ2) is 7.80. The van der Waals surface area contributed by atoms with Gasteiger partial charge in [0.2, 0.25) is 0 Å². The van der Waals surface area contributed by atoms with Gasteiger partial charge in [0.1, 0.15) is 5.54 Å². The summed E-state index contributed by atoms with van der Waals surface area (Å²) >= 11 is 7.00. The molecule has 2 bridgehead atoms. The number of aliphatic hydroxyl groups is 1. The molecule has 4 aliphatic rings. The quantitative estimate of drug-likeness (QED) is 0.410. The summed E-state index contributed by atoms with van der Waals surface area (Å²) in [6.07, 6.45) is 1.92. The molecule has 0 aromatic heterocycles. The summed E-state index contributed by atoms with van der Waals surface area (Å²) in [5.74, 6) is -0.462. The van der Waals surface area contributed by atoms with Crippen molar-refractivity contribution in [3.63, 3.8) is 0 Å². The molecule has 186 valence electrons. The maximum atomic E-state index is 14.8. The first-order chi connectivity index (χ1) is 17.7. The zero-order valence-corrected chi connectivity index (χ0v) is 23.3. The third-order valence-corrected chi connectivity index (χ3v) is 10.1. The van der Waals surface area contributed by atoms with Crippen LogP contribution in [0.4, 0.5) is 0 Å². The zero-order valence-electron chi connectivity index (χ0n) is 20.1. The van der Waals surface area contributed by atoms with E-state index < -0.39 is 16.7 Å². The van der Waals surface area contributed by atoms with Crippen LogP contribution < -0.4 is 0 Å². The summed E-state index contributed by atoms with van der Waals surface area (Å²) in [5.41, 5.74) is -0.511. The molecule has 3 aliphatic heterocycles. The van der Waals surface area contributed by atoms with Crippen LogP contribution in [0, 0.1) is 5.41 Å². The lowest BCUT2D eigenvalue weighted by atomic mass is 9.58. The Bertz CT molecular complexity index is 1520. The Morgan fingerprint density at radius 1 is 0.919 bits per heavy atom. The van der Waals surface area contributed by atoms with E-state index >= 15 is 0 Å². The fourth-order valence-corrected chi connectivity index (χ4v) is 8.30. The summed E-state index contributed by atoms with van der Waals surface area (Å²) < 4.78 is 1.92. The molecule has 37 heavy (non-hydrogen) atoms. The van der Waals surface area contributed by atoms with E-state index in [9.17, 15) is 14.7 Å². The third-order valence-electron chi connectivity index (χ3n) is 9.09. The topological polar surface area (TPSA) is 60.9 Å². The van der Waals surface area contributed by atoms with Crippen molar-refractivity contribution in [3.8, 4) is 0 Å². The lowest BCUT2D eigenvalue weighted by molar-refractivity contribution is -0.145. The molecule has 1 aliphatic carbocycles. The molecule has 3 aromatic rings. The normalized spacial score (nSPS) is 35.1. The molecule has 0 saturated carbocycles. The summed E-state index contributed by atoms with van der Waals surface area (Å²) in [4.78, 5) is 33.3. The van der Waals surface area contributed by atoms with E-state index in [2.05, 4.69) is 31.9 Å². The van der Waals surface area contributed by atoms with Gasteiger partial charge in [-0.15, -0.1) is 0 Å². The zero-order chi connectivity index (χ0) is 25.7. The molecule has 5 nitrogen and oxygen atoms in total. The Morgan fingerprint density at radius 2 is 1.57 bits per heavy atom. The molecule has 3 saturated heterocycles. The van der Waals surface area contributed by atoms with E-state index in [-0.39, 0.29) is 24.0 Å². The maximum absolute atomic E-state index is 14.8. The van der Waals surface area contributed by atoms with Crippen molar-refractivity contribution >= 4 is 49.5 Å². The number of fused-ring (bicyclic) bond motifs is 4. The largest absolute Gasteiger partial charge is 0.369 e. The number of Topliss-reactive ketones (excluding diaryl/α,β-unsaturated/α-hetero) is 2. The van der Waals surface area contributed by atoms with Crippen molar-refractivity contribution in [1.29, 1.82) is 0 Å². The summed E-state index contributed by atoms with van der Waals surface area (Å²) in [7, 11) is 1.89. The van der Waals surface area contributed by atoms with E-state index in [0.717, 1.165) is 20.1 Å². The van der Waals surface area contributed by atoms with Crippen molar-refractivity contribution in [2.24, 2.45) is 5.41 Å². The molecule has 1 N–H and O–H groups in total. The van der Waals surface area contributed by atoms with Crippen molar-refractivity contribution in [2.45, 2.75) is 17.2 Å². The van der Waals surface area contributed by atoms with E-state index in [0.29, 0.717) is 29.8 Å². The molecule has 5 atom stereocenters. The number of hydrogen-bond donors (Lipinski definition) is 1. The number of likely N-dealkylation sites (N-methyl/N-ethyl adjacent to an activating group) is 1. The van der Waals surface area contributed by atoms with Crippen LogP contribution in [0.1, 0.15) is 33.0 Å². The predicted octanol–water partition coefficient (Wildman–Crippen LogP) is 4.99. The highest BCUT2D eigenvalue weighted by molar-refractivity contribution is 9.10. The number of ketones is 2. The molecular weight excluding hydrogens is 596 g/mol. The van der Waals surface area contributed by atoms with Gasteiger partial charge in [-0.25, -0.2) is 0 Å². The number of rotatable bonds is 2. The van der Waals surface area contributed by atoms with Gasteiger partial charge in [-0.05, 0) is 48.5 Å². The Kier molecular flexibility index (Phi) is 4.99. The predicted molar refractivity (Wildman–Crippen MR) is 148 cm³/mol. The second-order valence-corrected chi connectivity index (χ2v) is 12.5. The molecular formula is C30H24Br2N2O3. The minimum absolute atomic E-state index is 0.0407. The number of benzene rings is 3. The summed E-state index contributed by atoms with van der Waals surface area (Å²) in [6.45, 7) is 1.09. The van der Waals surface area contributed by atoms with Crippen LogP contribution in [-0.2, 0) is 10.5 Å². The standard InChI is InChI=1S/C30H24Br2N2O3/c1-33-16-25(19-8-12-22(32)13-9-19)28-17-34(15-20(26(28)35)14-18-6-10-21(31)11-7-18)30(37)24-5-3-2-4-23(24)27(36)29(28,30)33/h2-14,25,37H,15-17H2,1H3/b20-14+/t25-,28+,29-,30-/m0/s1. The van der Waals surface area contributed by atoms with E-state index in [1.165, 1.54) is 0 Å². The first-order valence-corrected chi connectivity index (χ1v) is 13.9. The van der Waals surface area contributed by atoms with Gasteiger partial charge < -0.3 is 5.11 Å². The van der Waals surface area contributed by atoms with Gasteiger partial charge in [-0.1, -0.05) is 80.4 Å². The molecule has 3 fully saturated rings. The lowest BCUT2D eigenvalue weighted by Crippen LogP contribution is -2.66. The number of likely N-dealkylation sites (tertiary alicyclic amines) is 1. The monoisotopic (exact) mass is 618 g/mol. The van der Waals surface area contributed by atoms with E-state index in [1.54, 1.807) is 6.07 Å². The molecule has 0 radical (unpaired) electrons. The van der Waals surface area contributed by atoms with Gasteiger partial charge >= 0.3 is 0 Å². The van der Waals surface area contributed by atoms with Crippen molar-refractivity contribution < 1.29 is 14.7 Å². The average Bonchev–Trinajstić information content (AvgIpc) is 3.36. The molecule has 0 amide bonds. The van der Waals surface area contributed by atoms with E-state index in [1.807, 2.05) is 89.7 Å². The maximum Gasteiger partial charge on any atom is 0.189 e. The fourth-order valence-electron chi connectivity index (χ4n) is 7.77. The first kappa shape index (κ1) is 23.7. The highest BCUT2D eigenvalue weighted by Crippen LogP contribution is 2.71. The second-order valence-electron chi connectivity index (χ2n) is 10.6. The number of piperidine rings is 1. The van der Waals surface area contributed by atoms with Crippen LogP contribution >= 0.6 is 31.9 Å². The van der Waals surface area contributed by atoms with Crippen LogP contribution in [0.15, 0.2) is 87.3 Å². The fraction of sp³-hybridized carbons (Fsp3) is 0.267. The minimum atomic E-state index is -1.61. The molecule has 7 heteroatoms. The van der Waals surface area contributed by atoms with Gasteiger partial charge in [0.25, 0.3) is 0 Å². The van der Waals surface area contributed by atoms with Crippen molar-refractivity contribution in [3.05, 3.63) is 110 Å². The highest BCUT2D eigenvalue weighted by atomic mass is 79.9. The van der Waals surface area contributed by atoms with E-state index in [4.69, 9.17) is 0 Å². The highest BCUT2D eigenvalue weighted by Gasteiger charge is 2.87. The van der Waals surface area contributed by atoms with Gasteiger partial charge in [0.15, 0.2) is 17.3 Å². The van der Waals surface area contributed by atoms with Gasteiger partial charge in [-0.3, -0.25) is 19.4 Å². The molecule has 3 heterocycles. The molecule has 2 spiro atoms. The lowest BCUT2D eigenvalue weighted by Gasteiger charge is -2.44. The molecule has 7 rings (SSSR count). The van der Waals surface area contributed by atoms with Crippen molar-refractivity contribution in [2.75, 3.05) is 26.7 Å². The Balaban J connectivity index is 1.51. The number of halogens is 2. The number of carbonyl (C=O) groups excluding carboxylic acids is 2. The molecule has 3 aromatic carbocycles. The number of hydrogen-bond acceptors (Lipinski definition) is 5. The van der Waals surface area contributed by atoms with Crippen molar-refractivity contribution in [1.82, 2.24) is 9.80 Å². The third kappa shape index (κ3) is 2.69. The van der Waals surface area contributed by atoms with Crippen LogP contribution in [0.5, 0.6) is 0 Å². The van der Waals surface area contributed by atoms with Crippen LogP contribution in [0.2, 0.25) is 0 Å². The summed E-state index contributed by atoms with van der Waals surface area (Å²) in [6, 6.07) is 23.2. The van der Waals surface area contributed by atoms with Gasteiger partial charge in [0.05, 0.1) is 5.41 Å². The van der Waals surface area contributed by atoms with Gasteiger partial charge in [-0.2, -0.15) is 0 Å². The van der Waals surface area contributed by atoms with Crippen LogP contribution in [0.3, 0.4) is 0 Å². The Hall–Kier alpha value is -2.42. The SMILES string of the molecule is CN1C[C@@H](c2ccc(Br)cc2)[C@]23CN(C/C(=C\c4ccc(Br)cc4)C2=O)[C@]2(O)c4ccccc4C(=O)[C@]132. The first-order valence-electron chi connectivity index (χ1n) is 12.3. The number of nitrogens with zero attached hydrogens (tertiary/aromatic N) is 2. The number of carbonyl (C=O) groups is 2. The molecule has 1 unspecified atom stereocenters. The van der Waals surface area contributed by atoms with Crippen LogP contribution in [-0.4, -0.2) is 58.7 Å². The average molecular weight is 620 g/mol. The summed E-state index contributed by atoms with van der Waals surface area (Å²) in [5, 5.41) is 12.8. The van der Waals surface area contributed by atoms with Crippen LogP contribution in [0.25, 0.3) is 6.08 Å². The Labute approximate surface area is 232 Å².